The van der Waals surface area contributed by atoms with Crippen LogP contribution in [0, 0.1) is 0 Å². The summed E-state index contributed by atoms with van der Waals surface area (Å²) in [5.41, 5.74) is -1.36. The van der Waals surface area contributed by atoms with Gasteiger partial charge in [-0.05, 0) is 34.1 Å². The molecule has 4 heteroatoms. The number of carbonyl (C=O) groups excluding carboxylic acids is 1. The first-order valence-corrected chi connectivity index (χ1v) is 4.85. The molecule has 84 valence electrons. The Morgan fingerprint density at radius 3 is 2.21 bits per heavy atom. The molecule has 0 bridgehead atoms. The molecule has 0 atom stereocenters. The molecule has 4 nitrogen and oxygen atoms in total. The fourth-order valence-electron chi connectivity index (χ4n) is 0.648. The molecule has 0 saturated carbocycles. The number of nitrogens with one attached hydrogen (secondary N) is 1. The first kappa shape index (κ1) is 13.2. The van der Waals surface area contributed by atoms with Crippen LogP contribution in [-0.4, -0.2) is 28.9 Å². The largest absolute Gasteiger partial charge is 0.444 e. The van der Waals surface area contributed by atoms with Crippen LogP contribution in [0.25, 0.3) is 0 Å². The van der Waals surface area contributed by atoms with E-state index in [0.717, 1.165) is 6.42 Å². The van der Waals surface area contributed by atoms with Crippen LogP contribution in [0.1, 0.15) is 41.0 Å². The van der Waals surface area contributed by atoms with Gasteiger partial charge in [-0.3, -0.25) is 0 Å². The second-order valence-electron chi connectivity index (χ2n) is 4.67. The van der Waals surface area contributed by atoms with E-state index in [2.05, 4.69) is 5.32 Å². The Hall–Kier alpha value is -0.770. The maximum absolute atomic E-state index is 11.2. The predicted molar refractivity (Wildman–Crippen MR) is 55.2 cm³/mol. The van der Waals surface area contributed by atoms with Gasteiger partial charge in [0, 0.05) is 6.54 Å². The van der Waals surface area contributed by atoms with Crippen molar-refractivity contribution in [2.45, 2.75) is 52.2 Å². The lowest BCUT2D eigenvalue weighted by Crippen LogP contribution is -2.41. The van der Waals surface area contributed by atoms with Crippen molar-refractivity contribution in [3.05, 3.63) is 0 Å². The van der Waals surface area contributed by atoms with Gasteiger partial charge in [0.15, 0.2) is 0 Å². The number of ether oxygens (including phenoxy) is 1. The van der Waals surface area contributed by atoms with E-state index >= 15 is 0 Å². The Labute approximate surface area is 85.6 Å². The van der Waals surface area contributed by atoms with Crippen LogP contribution < -0.4 is 5.32 Å². The molecule has 0 saturated heterocycles. The van der Waals surface area contributed by atoms with Crippen LogP contribution in [0.4, 0.5) is 4.79 Å². The second-order valence-corrected chi connectivity index (χ2v) is 4.67. The number of hydrogen-bond acceptors (Lipinski definition) is 3. The number of aliphatic hydroxyl groups is 1. The Morgan fingerprint density at radius 2 is 1.86 bits per heavy atom. The summed E-state index contributed by atoms with van der Waals surface area (Å²) in [7, 11) is 0. The molecule has 0 aromatic carbocycles. The lowest BCUT2D eigenvalue weighted by Gasteiger charge is -2.25. The molecule has 0 aromatic heterocycles. The zero-order valence-corrected chi connectivity index (χ0v) is 9.68. The van der Waals surface area contributed by atoms with Crippen molar-refractivity contribution in [2.24, 2.45) is 0 Å². The lowest BCUT2D eigenvalue weighted by atomic mass is 10.1. The highest BCUT2D eigenvalue weighted by Crippen LogP contribution is 2.13. The monoisotopic (exact) mass is 203 g/mol. The van der Waals surface area contributed by atoms with Crippen molar-refractivity contribution in [2.75, 3.05) is 6.54 Å². The Balaban J connectivity index is 3.89. The van der Waals surface area contributed by atoms with E-state index in [9.17, 15) is 9.90 Å². The lowest BCUT2D eigenvalue weighted by molar-refractivity contribution is 0.0269. The standard InChI is InChI=1S/C10H21NO3/c1-6-10(4,5)14-8(12)11-7-9(2,3)13/h13H,6-7H2,1-5H3,(H,11,12). The van der Waals surface area contributed by atoms with Gasteiger partial charge in [0.25, 0.3) is 0 Å². The van der Waals surface area contributed by atoms with E-state index in [1.165, 1.54) is 0 Å². The maximum Gasteiger partial charge on any atom is 0.407 e. The maximum atomic E-state index is 11.2. The Bertz CT molecular complexity index is 194. The molecule has 2 N–H and O–H groups in total. The average Bonchev–Trinajstić information content (AvgIpc) is 1.99. The molecule has 0 aliphatic carbocycles. The second kappa shape index (κ2) is 4.64. The minimum absolute atomic E-state index is 0.186. The smallest absolute Gasteiger partial charge is 0.407 e. The molecule has 0 unspecified atom stereocenters. The molecule has 14 heavy (non-hydrogen) atoms. The molecule has 1 amide bonds. The number of alkyl carbamates (subject to hydrolysis) is 1. The van der Waals surface area contributed by atoms with Gasteiger partial charge in [0.1, 0.15) is 5.60 Å². The zero-order chi connectivity index (χ0) is 11.4. The first-order chi connectivity index (χ1) is 6.16. The quantitative estimate of drug-likeness (QED) is 0.730. The van der Waals surface area contributed by atoms with E-state index in [4.69, 9.17) is 4.74 Å². The third kappa shape index (κ3) is 6.71. The summed E-state index contributed by atoms with van der Waals surface area (Å²) in [4.78, 5) is 11.2. The zero-order valence-electron chi connectivity index (χ0n) is 9.68. The molecular formula is C10H21NO3. The fraction of sp³-hybridized carbons (Fsp3) is 0.900. The van der Waals surface area contributed by atoms with Crippen LogP contribution in [0.5, 0.6) is 0 Å². The van der Waals surface area contributed by atoms with Crippen LogP contribution in [0.2, 0.25) is 0 Å². The minimum atomic E-state index is -0.907. The van der Waals surface area contributed by atoms with Crippen molar-refractivity contribution >= 4 is 6.09 Å². The number of amides is 1. The molecule has 0 spiro atoms. The van der Waals surface area contributed by atoms with Crippen LogP contribution in [0.3, 0.4) is 0 Å². The van der Waals surface area contributed by atoms with E-state index in [0.29, 0.717) is 0 Å². The predicted octanol–water partition coefficient (Wildman–Crippen LogP) is 1.67. The molecule has 0 heterocycles. The van der Waals surface area contributed by atoms with Gasteiger partial charge in [0.2, 0.25) is 0 Å². The molecule has 0 aliphatic heterocycles. The topological polar surface area (TPSA) is 58.6 Å². The molecule has 0 fully saturated rings. The van der Waals surface area contributed by atoms with Gasteiger partial charge >= 0.3 is 6.09 Å². The minimum Gasteiger partial charge on any atom is -0.444 e. The van der Waals surface area contributed by atoms with Crippen LogP contribution >= 0.6 is 0 Å². The number of carbonyl (C=O) groups is 1. The van der Waals surface area contributed by atoms with E-state index < -0.39 is 17.3 Å². The first-order valence-electron chi connectivity index (χ1n) is 4.85. The Morgan fingerprint density at radius 1 is 1.36 bits per heavy atom. The van der Waals surface area contributed by atoms with E-state index in [1.54, 1.807) is 13.8 Å². The summed E-state index contributed by atoms with van der Waals surface area (Å²) in [6.07, 6.45) is 0.266. The average molecular weight is 203 g/mol. The Kier molecular flexibility index (Phi) is 4.39. The summed E-state index contributed by atoms with van der Waals surface area (Å²) in [6.45, 7) is 9.07. The van der Waals surface area contributed by atoms with Gasteiger partial charge in [0.05, 0.1) is 5.60 Å². The highest BCUT2D eigenvalue weighted by Gasteiger charge is 2.21. The van der Waals surface area contributed by atoms with Crippen molar-refractivity contribution in [1.29, 1.82) is 0 Å². The highest BCUT2D eigenvalue weighted by atomic mass is 16.6. The molecule has 0 aliphatic rings. The molecule has 0 aromatic rings. The van der Waals surface area contributed by atoms with Crippen molar-refractivity contribution in [1.82, 2.24) is 5.32 Å². The number of hydrogen-bond donors (Lipinski definition) is 2. The third-order valence-electron chi connectivity index (χ3n) is 1.89. The van der Waals surface area contributed by atoms with E-state index in [-0.39, 0.29) is 6.54 Å². The fourth-order valence-corrected chi connectivity index (χ4v) is 0.648. The number of rotatable bonds is 4. The van der Waals surface area contributed by atoms with Crippen molar-refractivity contribution < 1.29 is 14.6 Å². The summed E-state index contributed by atoms with van der Waals surface area (Å²) in [6, 6.07) is 0. The van der Waals surface area contributed by atoms with E-state index in [1.807, 2.05) is 20.8 Å². The van der Waals surface area contributed by atoms with Gasteiger partial charge in [-0.25, -0.2) is 4.79 Å². The molecule has 0 radical (unpaired) electrons. The van der Waals surface area contributed by atoms with Crippen LogP contribution in [0.15, 0.2) is 0 Å². The van der Waals surface area contributed by atoms with Crippen LogP contribution in [-0.2, 0) is 4.74 Å². The van der Waals surface area contributed by atoms with Crippen molar-refractivity contribution in [3.8, 4) is 0 Å². The molecular weight excluding hydrogens is 182 g/mol. The summed E-state index contributed by atoms with van der Waals surface area (Å²) in [5, 5.41) is 11.9. The van der Waals surface area contributed by atoms with Gasteiger partial charge in [-0.1, -0.05) is 6.92 Å². The molecule has 0 rings (SSSR count). The summed E-state index contributed by atoms with van der Waals surface area (Å²) in [5.74, 6) is 0. The van der Waals surface area contributed by atoms with Gasteiger partial charge < -0.3 is 15.2 Å². The SMILES string of the molecule is CCC(C)(C)OC(=O)NCC(C)(C)O. The normalized spacial score (nSPS) is 12.4. The van der Waals surface area contributed by atoms with Crippen molar-refractivity contribution in [3.63, 3.8) is 0 Å². The highest BCUT2D eigenvalue weighted by molar-refractivity contribution is 5.67. The third-order valence-corrected chi connectivity index (χ3v) is 1.89. The van der Waals surface area contributed by atoms with Gasteiger partial charge in [-0.15, -0.1) is 0 Å². The summed E-state index contributed by atoms with van der Waals surface area (Å²) >= 11 is 0. The van der Waals surface area contributed by atoms with Gasteiger partial charge in [-0.2, -0.15) is 0 Å². The summed E-state index contributed by atoms with van der Waals surface area (Å²) < 4.78 is 5.12.